The van der Waals surface area contributed by atoms with Crippen molar-refractivity contribution in [3.63, 3.8) is 0 Å². The van der Waals surface area contributed by atoms with Crippen LogP contribution in [0.4, 0.5) is 5.82 Å². The van der Waals surface area contributed by atoms with Crippen LogP contribution in [-0.4, -0.2) is 40.1 Å². The Kier molecular flexibility index (Phi) is 7.48. The molecule has 0 aliphatic carbocycles. The molecule has 1 atom stereocenters. The number of nitrogens with one attached hydrogen (secondary N) is 2. The van der Waals surface area contributed by atoms with Crippen LogP contribution in [0.5, 0.6) is 5.75 Å². The maximum atomic E-state index is 12.3. The fraction of sp³-hybridized carbons (Fsp3) is 0.310. The lowest BCUT2D eigenvalue weighted by molar-refractivity contribution is 0.0964. The second-order valence-electron chi connectivity index (χ2n) is 9.82. The van der Waals surface area contributed by atoms with Gasteiger partial charge in [-0.3, -0.25) is 9.78 Å². The average Bonchev–Trinajstić information content (AvgIpc) is 2.87. The second kappa shape index (κ2) is 10.7. The van der Waals surface area contributed by atoms with E-state index in [4.69, 9.17) is 4.74 Å². The summed E-state index contributed by atoms with van der Waals surface area (Å²) in [5.41, 5.74) is 4.25. The van der Waals surface area contributed by atoms with E-state index in [1.165, 1.54) is 0 Å². The van der Waals surface area contributed by atoms with Crippen LogP contribution >= 0.6 is 0 Å². The molecular formula is C29H33N5O2. The lowest BCUT2D eigenvalue weighted by Gasteiger charge is -2.21. The second-order valence-corrected chi connectivity index (χ2v) is 9.82. The van der Waals surface area contributed by atoms with Crippen molar-refractivity contribution in [2.24, 2.45) is 0 Å². The molecule has 0 radical (unpaired) electrons. The summed E-state index contributed by atoms with van der Waals surface area (Å²) in [6.45, 7) is 9.01. The van der Waals surface area contributed by atoms with Crippen LogP contribution in [0.3, 0.4) is 0 Å². The predicted octanol–water partition coefficient (Wildman–Crippen LogP) is 5.83. The number of ether oxygens (including phenoxy) is 1. The highest BCUT2D eigenvalue weighted by molar-refractivity contribution is 6.06. The summed E-state index contributed by atoms with van der Waals surface area (Å²) in [5.74, 6) is 1.74. The van der Waals surface area contributed by atoms with E-state index in [1.54, 1.807) is 25.6 Å². The van der Waals surface area contributed by atoms with E-state index < -0.39 is 0 Å². The number of hydrogen-bond donors (Lipinski definition) is 2. The van der Waals surface area contributed by atoms with Crippen LogP contribution in [-0.2, 0) is 0 Å². The number of para-hydroxylation sites is 1. The van der Waals surface area contributed by atoms with Gasteiger partial charge in [-0.15, -0.1) is 0 Å². The van der Waals surface area contributed by atoms with Gasteiger partial charge in [0.2, 0.25) is 0 Å². The third-order valence-electron chi connectivity index (χ3n) is 5.93. The van der Waals surface area contributed by atoms with Gasteiger partial charge in [-0.1, -0.05) is 25.1 Å². The van der Waals surface area contributed by atoms with Gasteiger partial charge in [0.25, 0.3) is 5.91 Å². The topological polar surface area (TPSA) is 89.0 Å². The Bertz CT molecular complexity index is 1350. The van der Waals surface area contributed by atoms with E-state index in [-0.39, 0.29) is 17.4 Å². The zero-order valence-electron chi connectivity index (χ0n) is 21.5. The van der Waals surface area contributed by atoms with Crippen molar-refractivity contribution in [3.05, 3.63) is 78.2 Å². The van der Waals surface area contributed by atoms with Gasteiger partial charge in [0.05, 0.1) is 16.8 Å². The Balaban J connectivity index is 1.42. The number of hydrogen-bond acceptors (Lipinski definition) is 6. The van der Waals surface area contributed by atoms with Crippen LogP contribution in [0.15, 0.2) is 67.1 Å². The number of fused-ring (bicyclic) bond motifs is 1. The van der Waals surface area contributed by atoms with Gasteiger partial charge in [-0.25, -0.2) is 9.97 Å². The molecule has 0 saturated heterocycles. The molecule has 1 amide bonds. The summed E-state index contributed by atoms with van der Waals surface area (Å²) in [4.78, 5) is 25.7. The van der Waals surface area contributed by atoms with Crippen molar-refractivity contribution in [2.75, 3.05) is 18.9 Å². The summed E-state index contributed by atoms with van der Waals surface area (Å²) in [5, 5.41) is 7.00. The Morgan fingerprint density at radius 1 is 1.03 bits per heavy atom. The first kappa shape index (κ1) is 25.1. The van der Waals surface area contributed by atoms with Crippen LogP contribution in [0.2, 0.25) is 0 Å². The van der Waals surface area contributed by atoms with Gasteiger partial charge in [0.1, 0.15) is 23.5 Å². The van der Waals surface area contributed by atoms with E-state index in [1.807, 2.05) is 63.2 Å². The van der Waals surface area contributed by atoms with Crippen LogP contribution in [0.1, 0.15) is 56.0 Å². The summed E-state index contributed by atoms with van der Waals surface area (Å²) in [6, 6.07) is 17.7. The molecule has 4 rings (SSSR count). The Labute approximate surface area is 212 Å². The fourth-order valence-electron chi connectivity index (χ4n) is 4.16. The number of amides is 1. The molecule has 2 aromatic carbocycles. The zero-order valence-corrected chi connectivity index (χ0v) is 21.5. The molecule has 0 bridgehead atoms. The van der Waals surface area contributed by atoms with Crippen molar-refractivity contribution in [3.8, 4) is 17.0 Å². The minimum atomic E-state index is -0.237. The number of pyridine rings is 1. The minimum absolute atomic E-state index is 0.107. The van der Waals surface area contributed by atoms with Crippen molar-refractivity contribution >= 4 is 22.6 Å². The number of nitrogens with zero attached hydrogens (tertiary/aromatic N) is 3. The SMILES string of the molecule is CNC(=O)c1ccnc2c(C(C)CCNc3cc(-c4ccc(OC(C)(C)C)cc4)ncn3)cccc12. The normalized spacial score (nSPS) is 12.2. The predicted molar refractivity (Wildman–Crippen MR) is 145 cm³/mol. The molecule has 0 saturated carbocycles. The summed E-state index contributed by atoms with van der Waals surface area (Å²) < 4.78 is 5.91. The van der Waals surface area contributed by atoms with Crippen LogP contribution < -0.4 is 15.4 Å². The van der Waals surface area contributed by atoms with Crippen LogP contribution in [0.25, 0.3) is 22.2 Å². The Morgan fingerprint density at radius 3 is 2.53 bits per heavy atom. The van der Waals surface area contributed by atoms with Crippen molar-refractivity contribution in [1.82, 2.24) is 20.3 Å². The molecule has 4 aromatic rings. The van der Waals surface area contributed by atoms with Crippen molar-refractivity contribution < 1.29 is 9.53 Å². The zero-order chi connectivity index (χ0) is 25.7. The van der Waals surface area contributed by atoms with Gasteiger partial charge in [-0.2, -0.15) is 0 Å². The van der Waals surface area contributed by atoms with E-state index in [0.29, 0.717) is 5.56 Å². The van der Waals surface area contributed by atoms with Crippen molar-refractivity contribution in [1.29, 1.82) is 0 Å². The highest BCUT2D eigenvalue weighted by atomic mass is 16.5. The average molecular weight is 484 g/mol. The van der Waals surface area contributed by atoms with E-state index >= 15 is 0 Å². The molecule has 7 heteroatoms. The first-order chi connectivity index (χ1) is 17.2. The highest BCUT2D eigenvalue weighted by Gasteiger charge is 2.15. The molecular weight excluding hydrogens is 450 g/mol. The number of carbonyl (C=O) groups excluding carboxylic acids is 1. The number of anilines is 1. The smallest absolute Gasteiger partial charge is 0.251 e. The van der Waals surface area contributed by atoms with Crippen molar-refractivity contribution in [2.45, 2.75) is 45.6 Å². The standard InChI is InChI=1S/C29H33N5O2/c1-19(22-7-6-8-23-24(28(35)30-5)14-16-32-27(22)23)13-15-31-26-17-25(33-18-34-26)20-9-11-21(12-10-20)36-29(2,3)4/h6-12,14,16-19H,13,15H2,1-5H3,(H,30,35)(H,31,33,34). The van der Waals surface area contributed by atoms with Gasteiger partial charge in [0, 0.05) is 36.8 Å². The molecule has 2 heterocycles. The molecule has 2 N–H and O–H groups in total. The van der Waals surface area contributed by atoms with Gasteiger partial charge in [-0.05, 0) is 69.0 Å². The van der Waals surface area contributed by atoms with E-state index in [2.05, 4.69) is 38.6 Å². The lowest BCUT2D eigenvalue weighted by Crippen LogP contribution is -2.22. The number of aromatic nitrogens is 3. The molecule has 0 fully saturated rings. The molecule has 2 aromatic heterocycles. The Hall–Kier alpha value is -4.00. The molecule has 0 aliphatic heterocycles. The van der Waals surface area contributed by atoms with Gasteiger partial charge >= 0.3 is 0 Å². The quantitative estimate of drug-likeness (QED) is 0.328. The summed E-state index contributed by atoms with van der Waals surface area (Å²) in [7, 11) is 1.64. The minimum Gasteiger partial charge on any atom is -0.488 e. The summed E-state index contributed by atoms with van der Waals surface area (Å²) >= 11 is 0. The monoisotopic (exact) mass is 483 g/mol. The number of rotatable bonds is 8. The molecule has 186 valence electrons. The van der Waals surface area contributed by atoms with Gasteiger partial charge < -0.3 is 15.4 Å². The van der Waals surface area contributed by atoms with E-state index in [9.17, 15) is 4.79 Å². The third-order valence-corrected chi connectivity index (χ3v) is 5.93. The third kappa shape index (κ3) is 5.97. The lowest BCUT2D eigenvalue weighted by atomic mass is 9.94. The maximum Gasteiger partial charge on any atom is 0.251 e. The fourth-order valence-corrected chi connectivity index (χ4v) is 4.16. The highest BCUT2D eigenvalue weighted by Crippen LogP contribution is 2.28. The largest absolute Gasteiger partial charge is 0.488 e. The molecule has 1 unspecified atom stereocenters. The molecule has 7 nitrogen and oxygen atoms in total. The molecule has 0 aliphatic rings. The first-order valence-electron chi connectivity index (χ1n) is 12.2. The Morgan fingerprint density at radius 2 is 1.81 bits per heavy atom. The van der Waals surface area contributed by atoms with Crippen LogP contribution in [0, 0.1) is 0 Å². The van der Waals surface area contributed by atoms with Gasteiger partial charge in [0.15, 0.2) is 0 Å². The molecule has 0 spiro atoms. The maximum absolute atomic E-state index is 12.3. The summed E-state index contributed by atoms with van der Waals surface area (Å²) in [6.07, 6.45) is 4.16. The number of carbonyl (C=O) groups is 1. The molecule has 36 heavy (non-hydrogen) atoms. The number of benzene rings is 2. The first-order valence-corrected chi connectivity index (χ1v) is 12.2. The van der Waals surface area contributed by atoms with E-state index in [0.717, 1.165) is 52.3 Å².